The monoisotopic (exact) mass is 270 g/mol. The lowest BCUT2D eigenvalue weighted by Gasteiger charge is -2.04. The number of hydrogen-bond donors (Lipinski definition) is 0. The number of ketones is 1. The second-order valence-corrected chi connectivity index (χ2v) is 4.96. The van der Waals surface area contributed by atoms with Gasteiger partial charge in [0.1, 0.15) is 5.69 Å². The van der Waals surface area contributed by atoms with Gasteiger partial charge in [0, 0.05) is 13.0 Å². The minimum Gasteiger partial charge on any atom is -0.292 e. The highest BCUT2D eigenvalue weighted by atomic mass is 16.1. The van der Waals surface area contributed by atoms with Crippen molar-refractivity contribution in [2.45, 2.75) is 46.6 Å². The Bertz CT molecular complexity index is 582. The summed E-state index contributed by atoms with van der Waals surface area (Å²) in [5.74, 6) is 0.142. The Morgan fingerprint density at radius 1 is 1.05 bits per heavy atom. The van der Waals surface area contributed by atoms with Crippen LogP contribution in [0.5, 0.6) is 0 Å². The Labute approximate surface area is 120 Å². The standard InChI is InChI=1S/C17H22N2O/c1-4-13-7-9-14(10-8-13)11-17(20)16-12-15(5-2)18-19(16)6-3/h7-10,12H,4-6,11H2,1-3H3. The van der Waals surface area contributed by atoms with Crippen molar-refractivity contribution < 1.29 is 4.79 Å². The first kappa shape index (κ1) is 14.5. The number of carbonyl (C=O) groups is 1. The first-order valence-electron chi connectivity index (χ1n) is 7.35. The molecular weight excluding hydrogens is 248 g/mol. The highest BCUT2D eigenvalue weighted by Gasteiger charge is 2.14. The average Bonchev–Trinajstić information content (AvgIpc) is 2.91. The summed E-state index contributed by atoms with van der Waals surface area (Å²) >= 11 is 0. The van der Waals surface area contributed by atoms with Gasteiger partial charge in [-0.1, -0.05) is 38.1 Å². The van der Waals surface area contributed by atoms with Gasteiger partial charge in [0.25, 0.3) is 0 Å². The minimum atomic E-state index is 0.142. The first-order chi connectivity index (χ1) is 9.67. The second kappa shape index (κ2) is 6.51. The highest BCUT2D eigenvalue weighted by molar-refractivity contribution is 5.96. The molecule has 2 rings (SSSR count). The number of aromatic nitrogens is 2. The smallest absolute Gasteiger partial charge is 0.185 e. The zero-order valence-electron chi connectivity index (χ0n) is 12.5. The van der Waals surface area contributed by atoms with E-state index >= 15 is 0 Å². The van der Waals surface area contributed by atoms with Gasteiger partial charge in [-0.05, 0) is 37.0 Å². The molecule has 0 saturated heterocycles. The first-order valence-corrected chi connectivity index (χ1v) is 7.35. The predicted octanol–water partition coefficient (Wildman–Crippen LogP) is 3.45. The molecule has 0 fully saturated rings. The summed E-state index contributed by atoms with van der Waals surface area (Å²) in [6, 6.07) is 10.2. The van der Waals surface area contributed by atoms with Crippen molar-refractivity contribution in [1.29, 1.82) is 0 Å². The topological polar surface area (TPSA) is 34.9 Å². The van der Waals surface area contributed by atoms with Crippen LogP contribution in [0.3, 0.4) is 0 Å². The maximum absolute atomic E-state index is 12.4. The number of Topliss-reactive ketones (excluding diaryl/α,β-unsaturated/α-hetero) is 1. The lowest BCUT2D eigenvalue weighted by atomic mass is 10.0. The van der Waals surface area contributed by atoms with Crippen molar-refractivity contribution in [1.82, 2.24) is 9.78 Å². The second-order valence-electron chi connectivity index (χ2n) is 4.96. The molecule has 2 aromatic rings. The summed E-state index contributed by atoms with van der Waals surface area (Å²) < 4.78 is 1.81. The zero-order chi connectivity index (χ0) is 14.5. The van der Waals surface area contributed by atoms with E-state index in [1.54, 1.807) is 0 Å². The van der Waals surface area contributed by atoms with E-state index in [0.717, 1.165) is 36.3 Å². The van der Waals surface area contributed by atoms with Crippen molar-refractivity contribution in [2.24, 2.45) is 0 Å². The molecule has 106 valence electrons. The van der Waals surface area contributed by atoms with Crippen LogP contribution in [0.2, 0.25) is 0 Å². The maximum atomic E-state index is 12.4. The van der Waals surface area contributed by atoms with Crippen LogP contribution in [0.4, 0.5) is 0 Å². The summed E-state index contributed by atoms with van der Waals surface area (Å²) in [6.45, 7) is 6.93. The van der Waals surface area contributed by atoms with Gasteiger partial charge < -0.3 is 0 Å². The Morgan fingerprint density at radius 2 is 1.70 bits per heavy atom. The largest absolute Gasteiger partial charge is 0.292 e. The third-order valence-corrected chi connectivity index (χ3v) is 3.57. The fraction of sp³-hybridized carbons (Fsp3) is 0.412. The molecule has 0 saturated carbocycles. The molecule has 0 aliphatic rings. The Kier molecular flexibility index (Phi) is 4.72. The van der Waals surface area contributed by atoms with E-state index in [-0.39, 0.29) is 5.78 Å². The van der Waals surface area contributed by atoms with Gasteiger partial charge in [-0.15, -0.1) is 0 Å². The molecule has 0 unspecified atom stereocenters. The highest BCUT2D eigenvalue weighted by Crippen LogP contribution is 2.12. The number of benzene rings is 1. The van der Waals surface area contributed by atoms with Crippen LogP contribution in [0, 0.1) is 0 Å². The molecule has 0 radical (unpaired) electrons. The Hall–Kier alpha value is -1.90. The summed E-state index contributed by atoms with van der Waals surface area (Å²) in [5.41, 5.74) is 4.07. The molecule has 1 heterocycles. The third-order valence-electron chi connectivity index (χ3n) is 3.57. The van der Waals surface area contributed by atoms with E-state index in [1.807, 2.05) is 29.8 Å². The van der Waals surface area contributed by atoms with E-state index in [2.05, 4.69) is 31.1 Å². The summed E-state index contributed by atoms with van der Waals surface area (Å²) in [6.07, 6.45) is 2.33. The normalized spacial score (nSPS) is 10.8. The summed E-state index contributed by atoms with van der Waals surface area (Å²) in [4.78, 5) is 12.4. The molecule has 20 heavy (non-hydrogen) atoms. The van der Waals surface area contributed by atoms with Crippen LogP contribution in [0.25, 0.3) is 0 Å². The van der Waals surface area contributed by atoms with Crippen LogP contribution in [-0.4, -0.2) is 15.6 Å². The number of aryl methyl sites for hydroxylation is 3. The molecule has 3 nitrogen and oxygen atoms in total. The van der Waals surface area contributed by atoms with Crippen molar-refractivity contribution >= 4 is 5.78 Å². The zero-order valence-corrected chi connectivity index (χ0v) is 12.5. The molecule has 0 aliphatic carbocycles. The lowest BCUT2D eigenvalue weighted by Crippen LogP contribution is -2.11. The van der Waals surface area contributed by atoms with E-state index < -0.39 is 0 Å². The SMILES string of the molecule is CCc1ccc(CC(=O)c2cc(CC)nn2CC)cc1. The average molecular weight is 270 g/mol. The minimum absolute atomic E-state index is 0.142. The van der Waals surface area contributed by atoms with Crippen LogP contribution in [0.1, 0.15) is 48.1 Å². The molecule has 0 spiro atoms. The van der Waals surface area contributed by atoms with Crippen LogP contribution in [-0.2, 0) is 25.8 Å². The summed E-state index contributed by atoms with van der Waals surface area (Å²) in [5, 5.41) is 4.43. The molecule has 3 heteroatoms. The molecule has 0 bridgehead atoms. The van der Waals surface area contributed by atoms with Crippen LogP contribution >= 0.6 is 0 Å². The molecule has 0 amide bonds. The van der Waals surface area contributed by atoms with Gasteiger partial charge in [-0.2, -0.15) is 5.10 Å². The van der Waals surface area contributed by atoms with Gasteiger partial charge >= 0.3 is 0 Å². The number of hydrogen-bond acceptors (Lipinski definition) is 2. The van der Waals surface area contributed by atoms with Crippen LogP contribution in [0.15, 0.2) is 30.3 Å². The van der Waals surface area contributed by atoms with E-state index in [1.165, 1.54) is 5.56 Å². The van der Waals surface area contributed by atoms with E-state index in [9.17, 15) is 4.79 Å². The number of nitrogens with zero attached hydrogens (tertiary/aromatic N) is 2. The quantitative estimate of drug-likeness (QED) is 0.753. The molecule has 0 N–H and O–H groups in total. The van der Waals surface area contributed by atoms with Gasteiger partial charge in [-0.25, -0.2) is 0 Å². The fourth-order valence-electron chi connectivity index (χ4n) is 2.28. The number of rotatable bonds is 6. The maximum Gasteiger partial charge on any atom is 0.185 e. The Morgan fingerprint density at radius 3 is 2.25 bits per heavy atom. The predicted molar refractivity (Wildman–Crippen MR) is 81.1 cm³/mol. The summed E-state index contributed by atoms with van der Waals surface area (Å²) in [7, 11) is 0. The van der Waals surface area contributed by atoms with Gasteiger partial charge in [0.15, 0.2) is 5.78 Å². The van der Waals surface area contributed by atoms with Crippen molar-refractivity contribution in [2.75, 3.05) is 0 Å². The van der Waals surface area contributed by atoms with Gasteiger partial charge in [0.2, 0.25) is 0 Å². The van der Waals surface area contributed by atoms with E-state index in [4.69, 9.17) is 0 Å². The lowest BCUT2D eigenvalue weighted by molar-refractivity contribution is 0.0983. The molecule has 1 aromatic carbocycles. The Balaban J connectivity index is 2.16. The molecule has 1 aromatic heterocycles. The van der Waals surface area contributed by atoms with Crippen LogP contribution < -0.4 is 0 Å². The van der Waals surface area contributed by atoms with Crippen molar-refractivity contribution in [3.63, 3.8) is 0 Å². The molecule has 0 atom stereocenters. The van der Waals surface area contributed by atoms with Gasteiger partial charge in [-0.3, -0.25) is 9.48 Å². The van der Waals surface area contributed by atoms with E-state index in [0.29, 0.717) is 6.42 Å². The third kappa shape index (κ3) is 3.16. The van der Waals surface area contributed by atoms with Crippen molar-refractivity contribution in [3.05, 3.63) is 52.8 Å². The molecule has 0 aliphatic heterocycles. The number of carbonyl (C=O) groups excluding carboxylic acids is 1. The van der Waals surface area contributed by atoms with Gasteiger partial charge in [0.05, 0.1) is 5.69 Å². The van der Waals surface area contributed by atoms with Crippen molar-refractivity contribution in [3.8, 4) is 0 Å². The fourth-order valence-corrected chi connectivity index (χ4v) is 2.28. The molecular formula is C17H22N2O.